The molecule has 0 atom stereocenters. The predicted molar refractivity (Wildman–Crippen MR) is 60.7 cm³/mol. The summed E-state index contributed by atoms with van der Waals surface area (Å²) in [6.45, 7) is 2.53. The average molecular weight is 236 g/mol. The van der Waals surface area contributed by atoms with Crippen molar-refractivity contribution in [2.45, 2.75) is 0 Å². The first-order valence-electron chi connectivity index (χ1n) is 5.25. The van der Waals surface area contributed by atoms with Gasteiger partial charge in [-0.05, 0) is 0 Å². The number of pyridine rings is 1. The van der Waals surface area contributed by atoms with Crippen molar-refractivity contribution in [3.05, 3.63) is 28.4 Å². The van der Waals surface area contributed by atoms with Gasteiger partial charge in [-0.15, -0.1) is 0 Å². The van der Waals surface area contributed by atoms with Gasteiger partial charge in [0.15, 0.2) is 0 Å². The van der Waals surface area contributed by atoms with Crippen LogP contribution < -0.4 is 4.90 Å². The van der Waals surface area contributed by atoms with Crippen LogP contribution >= 0.6 is 0 Å². The van der Waals surface area contributed by atoms with Gasteiger partial charge < -0.3 is 9.80 Å². The van der Waals surface area contributed by atoms with Crippen LogP contribution in [0.25, 0.3) is 0 Å². The molecule has 1 aromatic rings. The molecule has 1 saturated heterocycles. The van der Waals surface area contributed by atoms with Gasteiger partial charge in [-0.2, -0.15) is 0 Å². The van der Waals surface area contributed by atoms with Gasteiger partial charge in [-0.3, -0.25) is 14.9 Å². The molecule has 90 valence electrons. The first-order valence-corrected chi connectivity index (χ1v) is 5.25. The molecular formula is C10H12N4O3. The fourth-order valence-electron chi connectivity index (χ4n) is 1.75. The molecular weight excluding hydrogens is 224 g/mol. The smallest absolute Gasteiger partial charge is 0.274 e. The maximum atomic E-state index is 10.6. The van der Waals surface area contributed by atoms with Crippen molar-refractivity contribution in [2.75, 3.05) is 31.1 Å². The van der Waals surface area contributed by atoms with E-state index in [9.17, 15) is 14.9 Å². The van der Waals surface area contributed by atoms with E-state index in [2.05, 4.69) is 4.98 Å². The van der Waals surface area contributed by atoms with E-state index in [1.54, 1.807) is 4.90 Å². The Kier molecular flexibility index (Phi) is 3.17. The molecule has 1 aliphatic heterocycles. The molecule has 7 heteroatoms. The molecule has 1 aliphatic rings. The van der Waals surface area contributed by atoms with Gasteiger partial charge >= 0.3 is 0 Å². The number of hydrogen-bond acceptors (Lipinski definition) is 5. The topological polar surface area (TPSA) is 79.6 Å². The monoisotopic (exact) mass is 236 g/mol. The minimum Gasteiger partial charge on any atom is -0.353 e. The van der Waals surface area contributed by atoms with Crippen LogP contribution in [0.2, 0.25) is 0 Å². The number of anilines is 1. The van der Waals surface area contributed by atoms with E-state index in [1.165, 1.54) is 18.3 Å². The molecule has 0 bridgehead atoms. The number of hydrogen-bond donors (Lipinski definition) is 0. The summed E-state index contributed by atoms with van der Waals surface area (Å²) < 4.78 is 0. The molecule has 2 heterocycles. The molecule has 0 radical (unpaired) electrons. The van der Waals surface area contributed by atoms with Crippen LogP contribution in [0, 0.1) is 10.1 Å². The van der Waals surface area contributed by atoms with Crippen molar-refractivity contribution >= 4 is 17.9 Å². The molecule has 1 aromatic heterocycles. The summed E-state index contributed by atoms with van der Waals surface area (Å²) in [5.74, 6) is 0.588. The zero-order valence-electron chi connectivity index (χ0n) is 9.15. The van der Waals surface area contributed by atoms with Gasteiger partial charge in [0.2, 0.25) is 6.41 Å². The third-order valence-electron chi connectivity index (χ3n) is 2.73. The van der Waals surface area contributed by atoms with E-state index in [-0.39, 0.29) is 5.69 Å². The maximum Gasteiger partial charge on any atom is 0.274 e. The van der Waals surface area contributed by atoms with Crippen LogP contribution in [-0.2, 0) is 4.79 Å². The van der Waals surface area contributed by atoms with E-state index in [0.717, 1.165) is 6.41 Å². The van der Waals surface area contributed by atoms with E-state index in [0.29, 0.717) is 32.0 Å². The molecule has 0 N–H and O–H groups in total. The minimum atomic E-state index is -0.438. The fourth-order valence-corrected chi connectivity index (χ4v) is 1.75. The number of rotatable bonds is 3. The Morgan fingerprint density at radius 2 is 2.06 bits per heavy atom. The van der Waals surface area contributed by atoms with E-state index >= 15 is 0 Å². The van der Waals surface area contributed by atoms with Crippen molar-refractivity contribution < 1.29 is 9.72 Å². The summed E-state index contributed by atoms with van der Waals surface area (Å²) in [6.07, 6.45) is 2.25. The van der Waals surface area contributed by atoms with Crippen molar-refractivity contribution in [1.82, 2.24) is 9.88 Å². The second kappa shape index (κ2) is 4.77. The summed E-state index contributed by atoms with van der Waals surface area (Å²) in [5, 5.41) is 10.6. The number of amides is 1. The van der Waals surface area contributed by atoms with Crippen molar-refractivity contribution in [3.8, 4) is 0 Å². The average Bonchev–Trinajstić information content (AvgIpc) is 2.39. The van der Waals surface area contributed by atoms with Crippen LogP contribution in [0.3, 0.4) is 0 Å². The molecule has 0 saturated carbocycles. The number of nitrogens with zero attached hydrogens (tertiary/aromatic N) is 4. The predicted octanol–water partition coefficient (Wildman–Crippen LogP) is 0.268. The highest BCUT2D eigenvalue weighted by Gasteiger charge is 2.18. The van der Waals surface area contributed by atoms with Gasteiger partial charge in [0.1, 0.15) is 5.82 Å². The van der Waals surface area contributed by atoms with Crippen LogP contribution in [-0.4, -0.2) is 47.4 Å². The summed E-state index contributed by atoms with van der Waals surface area (Å²) in [5.41, 5.74) is 0.0350. The van der Waals surface area contributed by atoms with E-state index < -0.39 is 4.92 Å². The summed E-state index contributed by atoms with van der Waals surface area (Å²) in [7, 11) is 0. The van der Waals surface area contributed by atoms with Crippen LogP contribution in [0.4, 0.5) is 11.5 Å². The normalized spacial score (nSPS) is 15.8. The molecule has 2 rings (SSSR count). The highest BCUT2D eigenvalue weighted by atomic mass is 16.6. The summed E-state index contributed by atoms with van der Waals surface area (Å²) in [6, 6.07) is 2.82. The van der Waals surface area contributed by atoms with Gasteiger partial charge in [0.05, 0.1) is 11.0 Å². The Labute approximate surface area is 97.8 Å². The van der Waals surface area contributed by atoms with Crippen LogP contribution in [0.1, 0.15) is 0 Å². The highest BCUT2D eigenvalue weighted by Crippen LogP contribution is 2.18. The maximum absolute atomic E-state index is 10.6. The summed E-state index contributed by atoms with van der Waals surface area (Å²) in [4.78, 5) is 28.5. The van der Waals surface area contributed by atoms with Crippen LogP contribution in [0.5, 0.6) is 0 Å². The molecule has 1 amide bonds. The van der Waals surface area contributed by atoms with Crippen molar-refractivity contribution in [1.29, 1.82) is 0 Å². The second-order valence-corrected chi connectivity index (χ2v) is 3.76. The van der Waals surface area contributed by atoms with Crippen molar-refractivity contribution in [3.63, 3.8) is 0 Å². The van der Waals surface area contributed by atoms with Gasteiger partial charge in [-0.1, -0.05) is 0 Å². The Hall–Kier alpha value is -2.18. The molecule has 1 fully saturated rings. The fraction of sp³-hybridized carbons (Fsp3) is 0.400. The lowest BCUT2D eigenvalue weighted by atomic mass is 10.3. The third kappa shape index (κ3) is 2.49. The largest absolute Gasteiger partial charge is 0.353 e. The Morgan fingerprint density at radius 1 is 1.35 bits per heavy atom. The second-order valence-electron chi connectivity index (χ2n) is 3.76. The highest BCUT2D eigenvalue weighted by molar-refractivity contribution is 5.50. The summed E-state index contributed by atoms with van der Waals surface area (Å²) >= 11 is 0. The van der Waals surface area contributed by atoms with Crippen molar-refractivity contribution in [2.24, 2.45) is 0 Å². The van der Waals surface area contributed by atoms with E-state index in [4.69, 9.17) is 0 Å². The molecule has 0 aliphatic carbocycles. The first-order chi connectivity index (χ1) is 8.20. The number of carbonyl (C=O) groups excluding carboxylic acids is 1. The molecule has 17 heavy (non-hydrogen) atoms. The van der Waals surface area contributed by atoms with Gasteiger partial charge in [0, 0.05) is 38.4 Å². The first kappa shape index (κ1) is 11.3. The quantitative estimate of drug-likeness (QED) is 0.427. The Morgan fingerprint density at radius 3 is 2.65 bits per heavy atom. The number of piperazine rings is 1. The number of aromatic nitrogens is 1. The molecule has 0 aromatic carbocycles. The minimum absolute atomic E-state index is 0.0350. The lowest BCUT2D eigenvalue weighted by Crippen LogP contribution is -2.46. The molecule has 7 nitrogen and oxygen atoms in total. The standard InChI is InChI=1S/C10H12N4O3/c15-8-12-3-5-13(6-4-12)10-7-9(14(16)17)1-2-11-10/h1-2,7-8H,3-6H2. The zero-order chi connectivity index (χ0) is 12.3. The van der Waals surface area contributed by atoms with E-state index in [1.807, 2.05) is 4.90 Å². The Bertz CT molecular complexity index is 429. The zero-order valence-corrected chi connectivity index (χ0v) is 9.15. The van der Waals surface area contributed by atoms with Crippen LogP contribution in [0.15, 0.2) is 18.3 Å². The lowest BCUT2D eigenvalue weighted by Gasteiger charge is -2.33. The third-order valence-corrected chi connectivity index (χ3v) is 2.73. The lowest BCUT2D eigenvalue weighted by molar-refractivity contribution is -0.384. The number of carbonyl (C=O) groups is 1. The molecule has 0 unspecified atom stereocenters. The Balaban J connectivity index is 2.10. The van der Waals surface area contributed by atoms with Gasteiger partial charge in [0.25, 0.3) is 5.69 Å². The van der Waals surface area contributed by atoms with Gasteiger partial charge in [-0.25, -0.2) is 4.98 Å². The SMILES string of the molecule is O=CN1CCN(c2cc([N+](=O)[O-])ccn2)CC1. The molecule has 0 spiro atoms. The number of nitro groups is 1.